The van der Waals surface area contributed by atoms with Crippen molar-refractivity contribution in [1.82, 2.24) is 0 Å². The second kappa shape index (κ2) is 6.34. The number of rotatable bonds is 3. The van der Waals surface area contributed by atoms with E-state index in [4.69, 9.17) is 39.5 Å². The topological polar surface area (TPSA) is 29.5 Å². The van der Waals surface area contributed by atoms with Gasteiger partial charge in [-0.05, 0) is 32.0 Å². The lowest BCUT2D eigenvalue weighted by atomic mass is 10.3. The van der Waals surface area contributed by atoms with E-state index < -0.39 is 6.09 Å². The molecule has 0 fully saturated rings. The first-order valence-electron chi connectivity index (χ1n) is 4.95. The second-order valence-electron chi connectivity index (χ2n) is 3.58. The Bertz CT molecular complexity index is 410. The van der Waals surface area contributed by atoms with Crippen molar-refractivity contribution in [2.24, 2.45) is 0 Å². The number of benzene rings is 1. The molecule has 0 aliphatic rings. The lowest BCUT2D eigenvalue weighted by Gasteiger charge is -2.22. The summed E-state index contributed by atoms with van der Waals surface area (Å²) in [5.74, 6) is 0. The number of carbonyl (C=O) groups is 1. The van der Waals surface area contributed by atoms with Crippen LogP contribution in [0.5, 0.6) is 0 Å². The maximum atomic E-state index is 11.8. The van der Waals surface area contributed by atoms with Crippen molar-refractivity contribution in [2.75, 3.05) is 10.9 Å². The predicted molar refractivity (Wildman–Crippen MR) is 71.3 cm³/mol. The number of anilines is 1. The zero-order valence-electron chi connectivity index (χ0n) is 9.41. The maximum Gasteiger partial charge on any atom is 0.415 e. The van der Waals surface area contributed by atoms with Gasteiger partial charge in [0.1, 0.15) is 6.00 Å². The van der Waals surface area contributed by atoms with Crippen molar-refractivity contribution >= 4 is 46.6 Å². The number of hydrogen-bond acceptors (Lipinski definition) is 2. The van der Waals surface area contributed by atoms with E-state index in [1.54, 1.807) is 32.0 Å². The van der Waals surface area contributed by atoms with Gasteiger partial charge >= 0.3 is 6.09 Å². The van der Waals surface area contributed by atoms with Crippen LogP contribution in [0.25, 0.3) is 0 Å². The number of halogens is 3. The summed E-state index contributed by atoms with van der Waals surface area (Å²) in [7, 11) is 0. The highest BCUT2D eigenvalue weighted by atomic mass is 35.5. The van der Waals surface area contributed by atoms with Gasteiger partial charge in [0.2, 0.25) is 0 Å². The lowest BCUT2D eigenvalue weighted by molar-refractivity contribution is 0.123. The first-order valence-corrected chi connectivity index (χ1v) is 6.24. The molecule has 0 saturated heterocycles. The summed E-state index contributed by atoms with van der Waals surface area (Å²) < 4.78 is 5.05. The minimum absolute atomic E-state index is 0.0639. The molecule has 0 radical (unpaired) electrons. The summed E-state index contributed by atoms with van der Waals surface area (Å²) in [6, 6.07) is 4.73. The molecule has 0 aromatic heterocycles. The van der Waals surface area contributed by atoms with Gasteiger partial charge in [0.25, 0.3) is 0 Å². The molecule has 94 valence electrons. The first kappa shape index (κ1) is 14.4. The van der Waals surface area contributed by atoms with Gasteiger partial charge in [-0.15, -0.1) is 11.6 Å². The van der Waals surface area contributed by atoms with Gasteiger partial charge in [-0.25, -0.2) is 4.79 Å². The van der Waals surface area contributed by atoms with E-state index in [0.717, 1.165) is 0 Å². The summed E-state index contributed by atoms with van der Waals surface area (Å²) in [6.45, 7) is 3.51. The normalized spacial score (nSPS) is 10.5. The summed E-state index contributed by atoms with van der Waals surface area (Å²) in [4.78, 5) is 13.0. The number of carbonyl (C=O) groups excluding carboxylic acids is 1. The quantitative estimate of drug-likeness (QED) is 0.605. The van der Waals surface area contributed by atoms with Crippen molar-refractivity contribution in [3.05, 3.63) is 28.2 Å². The fraction of sp³-hybridized carbons (Fsp3) is 0.364. The van der Waals surface area contributed by atoms with Gasteiger partial charge in [0.05, 0.1) is 16.8 Å². The standard InChI is InChI=1S/C11H12Cl3NO2/c1-7(2)17-11(16)15(6-12)10-5-8(13)3-4-9(10)14/h3-5,7H,6H2,1-2H3. The molecule has 0 N–H and O–H groups in total. The SMILES string of the molecule is CC(C)OC(=O)N(CCl)c1cc(Cl)ccc1Cl. The Labute approximate surface area is 115 Å². The first-order chi connectivity index (χ1) is 7.95. The molecule has 0 bridgehead atoms. The number of hydrogen-bond donors (Lipinski definition) is 0. The number of ether oxygens (including phenoxy) is 1. The lowest BCUT2D eigenvalue weighted by Crippen LogP contribution is -2.32. The summed E-state index contributed by atoms with van der Waals surface area (Å²) >= 11 is 17.6. The average Bonchev–Trinajstić information content (AvgIpc) is 2.23. The van der Waals surface area contributed by atoms with Crippen LogP contribution in [0.3, 0.4) is 0 Å². The molecule has 0 aliphatic carbocycles. The highest BCUT2D eigenvalue weighted by molar-refractivity contribution is 6.36. The molecule has 6 heteroatoms. The van der Waals surface area contributed by atoms with E-state index in [9.17, 15) is 4.79 Å². The molecular formula is C11H12Cl3NO2. The van der Waals surface area contributed by atoms with Gasteiger partial charge in [-0.3, -0.25) is 4.90 Å². The largest absolute Gasteiger partial charge is 0.446 e. The van der Waals surface area contributed by atoms with Crippen LogP contribution < -0.4 is 4.90 Å². The Kier molecular flexibility index (Phi) is 5.37. The Balaban J connectivity index is 3.00. The third-order valence-corrected chi connectivity index (χ3v) is 2.67. The van der Waals surface area contributed by atoms with Crippen molar-refractivity contribution < 1.29 is 9.53 Å². The van der Waals surface area contributed by atoms with Gasteiger partial charge in [-0.2, -0.15) is 0 Å². The molecule has 3 nitrogen and oxygen atoms in total. The van der Waals surface area contributed by atoms with E-state index in [-0.39, 0.29) is 12.1 Å². The fourth-order valence-electron chi connectivity index (χ4n) is 1.17. The molecule has 0 saturated carbocycles. The Morgan fingerprint density at radius 1 is 1.41 bits per heavy atom. The molecule has 17 heavy (non-hydrogen) atoms. The molecule has 0 unspecified atom stereocenters. The molecule has 0 atom stereocenters. The van der Waals surface area contributed by atoms with Gasteiger partial charge in [0, 0.05) is 5.02 Å². The number of amides is 1. The van der Waals surface area contributed by atoms with Crippen molar-refractivity contribution in [3.8, 4) is 0 Å². The van der Waals surface area contributed by atoms with Crippen molar-refractivity contribution in [3.63, 3.8) is 0 Å². The molecule has 0 heterocycles. The van der Waals surface area contributed by atoms with E-state index in [0.29, 0.717) is 15.7 Å². The smallest absolute Gasteiger partial charge is 0.415 e. The zero-order valence-corrected chi connectivity index (χ0v) is 11.7. The predicted octanol–water partition coefficient (Wildman–Crippen LogP) is 4.54. The Hall–Kier alpha value is -0.640. The third-order valence-electron chi connectivity index (χ3n) is 1.88. The zero-order chi connectivity index (χ0) is 13.0. The molecule has 1 rings (SSSR count). The van der Waals surface area contributed by atoms with Crippen LogP contribution in [-0.4, -0.2) is 18.2 Å². The van der Waals surface area contributed by atoms with Gasteiger partial charge < -0.3 is 4.74 Å². The summed E-state index contributed by atoms with van der Waals surface area (Å²) in [5, 5.41) is 0.854. The van der Waals surface area contributed by atoms with E-state index >= 15 is 0 Å². The van der Waals surface area contributed by atoms with Crippen molar-refractivity contribution in [1.29, 1.82) is 0 Å². The fourth-order valence-corrected chi connectivity index (χ4v) is 1.78. The molecule has 1 aromatic rings. The maximum absolute atomic E-state index is 11.8. The minimum atomic E-state index is -0.556. The monoisotopic (exact) mass is 295 g/mol. The van der Waals surface area contributed by atoms with Crippen LogP contribution in [0.4, 0.5) is 10.5 Å². The molecule has 0 aliphatic heterocycles. The van der Waals surface area contributed by atoms with Crippen LogP contribution in [0.1, 0.15) is 13.8 Å². The van der Waals surface area contributed by atoms with Gasteiger partial charge in [-0.1, -0.05) is 23.2 Å². The number of nitrogens with zero attached hydrogens (tertiary/aromatic N) is 1. The number of alkyl halides is 1. The second-order valence-corrected chi connectivity index (χ2v) is 4.66. The highest BCUT2D eigenvalue weighted by Crippen LogP contribution is 2.29. The van der Waals surface area contributed by atoms with Crippen LogP contribution in [0.15, 0.2) is 18.2 Å². The van der Waals surface area contributed by atoms with Crippen LogP contribution in [-0.2, 0) is 4.74 Å². The van der Waals surface area contributed by atoms with Crippen LogP contribution >= 0.6 is 34.8 Å². The minimum Gasteiger partial charge on any atom is -0.446 e. The Morgan fingerprint density at radius 2 is 2.06 bits per heavy atom. The van der Waals surface area contributed by atoms with E-state index in [1.807, 2.05) is 0 Å². The Morgan fingerprint density at radius 3 is 2.59 bits per heavy atom. The van der Waals surface area contributed by atoms with Crippen LogP contribution in [0, 0.1) is 0 Å². The van der Waals surface area contributed by atoms with Crippen LogP contribution in [0.2, 0.25) is 10.0 Å². The molecule has 1 aromatic carbocycles. The highest BCUT2D eigenvalue weighted by Gasteiger charge is 2.20. The van der Waals surface area contributed by atoms with Crippen molar-refractivity contribution in [2.45, 2.75) is 20.0 Å². The summed E-state index contributed by atoms with van der Waals surface area (Å²) in [6.07, 6.45) is -0.787. The summed E-state index contributed by atoms with van der Waals surface area (Å²) in [5.41, 5.74) is 0.430. The van der Waals surface area contributed by atoms with E-state index in [2.05, 4.69) is 0 Å². The molecule has 0 spiro atoms. The molecular weight excluding hydrogens is 284 g/mol. The third kappa shape index (κ3) is 3.95. The van der Waals surface area contributed by atoms with E-state index in [1.165, 1.54) is 4.90 Å². The average molecular weight is 297 g/mol. The molecule has 1 amide bonds. The van der Waals surface area contributed by atoms with Gasteiger partial charge in [0.15, 0.2) is 0 Å².